The molecule has 1 unspecified atom stereocenters. The van der Waals surface area contributed by atoms with E-state index in [2.05, 4.69) is 0 Å². The number of nitro groups is 1. The van der Waals surface area contributed by atoms with Crippen molar-refractivity contribution in [2.75, 3.05) is 0 Å². The van der Waals surface area contributed by atoms with Crippen molar-refractivity contribution in [3.63, 3.8) is 0 Å². The van der Waals surface area contributed by atoms with Gasteiger partial charge in [-0.1, -0.05) is 12.1 Å². The molecule has 5 heteroatoms. The largest absolute Gasteiger partial charge is 0.328 e. The molecular weight excluding hydrogens is 196 g/mol. The summed E-state index contributed by atoms with van der Waals surface area (Å²) < 4.78 is 0. The summed E-state index contributed by atoms with van der Waals surface area (Å²) >= 11 is 0. The van der Waals surface area contributed by atoms with Gasteiger partial charge in [0, 0.05) is 30.2 Å². The first-order valence-electron chi connectivity index (χ1n) is 4.54. The van der Waals surface area contributed by atoms with Crippen LogP contribution in [0.2, 0.25) is 0 Å². The maximum absolute atomic E-state index is 11.5. The lowest BCUT2D eigenvalue weighted by atomic mass is 10.0. The quantitative estimate of drug-likeness (QED) is 0.461. The molecule has 5 nitrogen and oxygen atoms in total. The van der Waals surface area contributed by atoms with Crippen molar-refractivity contribution in [2.24, 2.45) is 5.73 Å². The lowest BCUT2D eigenvalue weighted by Crippen LogP contribution is -2.19. The highest BCUT2D eigenvalue weighted by Gasteiger charge is 2.12. The molecule has 15 heavy (non-hydrogen) atoms. The van der Waals surface area contributed by atoms with Crippen LogP contribution in [0, 0.1) is 10.1 Å². The van der Waals surface area contributed by atoms with Crippen molar-refractivity contribution < 1.29 is 9.72 Å². The Hall–Kier alpha value is -1.75. The van der Waals surface area contributed by atoms with E-state index in [1.807, 2.05) is 0 Å². The summed E-state index contributed by atoms with van der Waals surface area (Å²) in [5.41, 5.74) is 5.73. The van der Waals surface area contributed by atoms with E-state index in [1.54, 1.807) is 13.0 Å². The molecule has 0 aliphatic rings. The Morgan fingerprint density at radius 3 is 2.80 bits per heavy atom. The van der Waals surface area contributed by atoms with Crippen LogP contribution in [0.1, 0.15) is 23.7 Å². The van der Waals surface area contributed by atoms with Gasteiger partial charge in [0.1, 0.15) is 0 Å². The van der Waals surface area contributed by atoms with Gasteiger partial charge in [0.25, 0.3) is 5.69 Å². The van der Waals surface area contributed by atoms with E-state index in [9.17, 15) is 14.9 Å². The van der Waals surface area contributed by atoms with Gasteiger partial charge in [0.05, 0.1) is 4.92 Å². The summed E-state index contributed by atoms with van der Waals surface area (Å²) in [6.07, 6.45) is 0.196. The average Bonchev–Trinajstić information content (AvgIpc) is 2.17. The Morgan fingerprint density at radius 1 is 1.60 bits per heavy atom. The van der Waals surface area contributed by atoms with E-state index in [-0.39, 0.29) is 23.9 Å². The molecule has 0 aromatic heterocycles. The number of Topliss-reactive ketones (excluding diaryl/α,β-unsaturated/α-hetero) is 1. The zero-order chi connectivity index (χ0) is 11.4. The number of carbonyl (C=O) groups excluding carboxylic acids is 1. The van der Waals surface area contributed by atoms with Crippen LogP contribution in [-0.2, 0) is 0 Å². The second-order valence-corrected chi connectivity index (χ2v) is 3.41. The molecule has 0 saturated heterocycles. The number of ketones is 1. The number of benzene rings is 1. The minimum absolute atomic E-state index is 0.0782. The lowest BCUT2D eigenvalue weighted by Gasteiger charge is -2.03. The number of nitro benzene ring substituents is 1. The van der Waals surface area contributed by atoms with Crippen LogP contribution in [-0.4, -0.2) is 16.7 Å². The minimum Gasteiger partial charge on any atom is -0.328 e. The molecule has 0 fully saturated rings. The van der Waals surface area contributed by atoms with E-state index in [4.69, 9.17) is 5.73 Å². The number of non-ortho nitro benzene ring substituents is 1. The number of nitrogens with two attached hydrogens (primary N) is 1. The Morgan fingerprint density at radius 2 is 2.27 bits per heavy atom. The molecule has 0 spiro atoms. The third-order valence-corrected chi connectivity index (χ3v) is 1.89. The Bertz CT molecular complexity index is 388. The lowest BCUT2D eigenvalue weighted by molar-refractivity contribution is -0.384. The summed E-state index contributed by atoms with van der Waals surface area (Å²) in [5.74, 6) is -0.172. The first-order chi connectivity index (χ1) is 7.00. The molecule has 80 valence electrons. The molecule has 0 heterocycles. The van der Waals surface area contributed by atoms with Crippen molar-refractivity contribution in [3.05, 3.63) is 39.9 Å². The maximum Gasteiger partial charge on any atom is 0.270 e. The first kappa shape index (κ1) is 11.3. The number of hydrogen-bond acceptors (Lipinski definition) is 4. The molecule has 0 aliphatic carbocycles. The van der Waals surface area contributed by atoms with Gasteiger partial charge in [-0.05, 0) is 6.92 Å². The van der Waals surface area contributed by atoms with Crippen molar-refractivity contribution in [1.29, 1.82) is 0 Å². The molecular formula is C10H12N2O3. The summed E-state index contributed by atoms with van der Waals surface area (Å²) in [6.45, 7) is 1.72. The minimum atomic E-state index is -0.525. The Labute approximate surface area is 87.0 Å². The van der Waals surface area contributed by atoms with Crippen molar-refractivity contribution in [1.82, 2.24) is 0 Å². The van der Waals surface area contributed by atoms with E-state index in [0.717, 1.165) is 0 Å². The van der Waals surface area contributed by atoms with Crippen LogP contribution >= 0.6 is 0 Å². The third-order valence-electron chi connectivity index (χ3n) is 1.89. The molecule has 0 saturated carbocycles. The number of hydrogen-bond donors (Lipinski definition) is 1. The first-order valence-corrected chi connectivity index (χ1v) is 4.54. The smallest absolute Gasteiger partial charge is 0.270 e. The van der Waals surface area contributed by atoms with Gasteiger partial charge in [-0.25, -0.2) is 0 Å². The van der Waals surface area contributed by atoms with Gasteiger partial charge in [0.2, 0.25) is 0 Å². The van der Waals surface area contributed by atoms with Crippen molar-refractivity contribution in [2.45, 2.75) is 19.4 Å². The van der Waals surface area contributed by atoms with Gasteiger partial charge in [-0.3, -0.25) is 14.9 Å². The van der Waals surface area contributed by atoms with Crippen molar-refractivity contribution >= 4 is 11.5 Å². The van der Waals surface area contributed by atoms with E-state index < -0.39 is 4.92 Å². The zero-order valence-electron chi connectivity index (χ0n) is 8.34. The zero-order valence-corrected chi connectivity index (χ0v) is 8.34. The van der Waals surface area contributed by atoms with Crippen molar-refractivity contribution in [3.8, 4) is 0 Å². The van der Waals surface area contributed by atoms with Gasteiger partial charge >= 0.3 is 0 Å². The summed E-state index contributed by atoms with van der Waals surface area (Å²) in [7, 11) is 0. The van der Waals surface area contributed by atoms with Crippen LogP contribution < -0.4 is 5.73 Å². The topological polar surface area (TPSA) is 86.2 Å². The number of carbonyl (C=O) groups is 1. The molecule has 1 rings (SSSR count). The predicted octanol–water partition coefficient (Wildman–Crippen LogP) is 1.51. The molecule has 1 aromatic carbocycles. The third kappa shape index (κ3) is 3.14. The van der Waals surface area contributed by atoms with Gasteiger partial charge in [0.15, 0.2) is 5.78 Å². The van der Waals surface area contributed by atoms with Crippen LogP contribution in [0.5, 0.6) is 0 Å². The second-order valence-electron chi connectivity index (χ2n) is 3.41. The Kier molecular flexibility index (Phi) is 3.51. The fourth-order valence-corrected chi connectivity index (χ4v) is 1.20. The fraction of sp³-hybridized carbons (Fsp3) is 0.300. The normalized spacial score (nSPS) is 12.1. The van der Waals surface area contributed by atoms with Gasteiger partial charge < -0.3 is 5.73 Å². The van der Waals surface area contributed by atoms with Gasteiger partial charge in [-0.2, -0.15) is 0 Å². The summed E-state index contributed by atoms with van der Waals surface area (Å²) in [6, 6.07) is 5.43. The standard InChI is InChI=1S/C10H12N2O3/c1-7(11)5-10(13)8-3-2-4-9(6-8)12(14)15/h2-4,6-7H,5,11H2,1H3. The van der Waals surface area contributed by atoms with E-state index >= 15 is 0 Å². The molecule has 1 atom stereocenters. The van der Waals surface area contributed by atoms with E-state index in [0.29, 0.717) is 5.56 Å². The number of rotatable bonds is 4. The highest BCUT2D eigenvalue weighted by molar-refractivity contribution is 5.96. The SMILES string of the molecule is CC(N)CC(=O)c1cccc([N+](=O)[O-])c1. The average molecular weight is 208 g/mol. The molecule has 0 aliphatic heterocycles. The predicted molar refractivity (Wildman–Crippen MR) is 55.7 cm³/mol. The molecule has 0 amide bonds. The summed E-state index contributed by atoms with van der Waals surface area (Å²) in [4.78, 5) is 21.5. The summed E-state index contributed by atoms with van der Waals surface area (Å²) in [5, 5.41) is 10.5. The molecule has 0 radical (unpaired) electrons. The molecule has 2 N–H and O–H groups in total. The monoisotopic (exact) mass is 208 g/mol. The highest BCUT2D eigenvalue weighted by atomic mass is 16.6. The second kappa shape index (κ2) is 4.65. The van der Waals surface area contributed by atoms with Crippen LogP contribution in [0.4, 0.5) is 5.69 Å². The van der Waals surface area contributed by atoms with Crippen LogP contribution in [0.3, 0.4) is 0 Å². The van der Waals surface area contributed by atoms with E-state index in [1.165, 1.54) is 18.2 Å². The molecule has 1 aromatic rings. The number of nitrogens with zero attached hydrogens (tertiary/aromatic N) is 1. The maximum atomic E-state index is 11.5. The Balaban J connectivity index is 2.90. The van der Waals surface area contributed by atoms with Crippen LogP contribution in [0.25, 0.3) is 0 Å². The molecule has 0 bridgehead atoms. The van der Waals surface area contributed by atoms with Gasteiger partial charge in [-0.15, -0.1) is 0 Å². The fourth-order valence-electron chi connectivity index (χ4n) is 1.20. The highest BCUT2D eigenvalue weighted by Crippen LogP contribution is 2.14. The van der Waals surface area contributed by atoms with Crippen LogP contribution in [0.15, 0.2) is 24.3 Å².